The topological polar surface area (TPSA) is 119 Å². The lowest BCUT2D eigenvalue weighted by molar-refractivity contribution is 0.0693. The second-order valence-corrected chi connectivity index (χ2v) is 7.81. The van der Waals surface area contributed by atoms with Gasteiger partial charge in [-0.15, -0.1) is 0 Å². The molecule has 2 rings (SSSR count). The van der Waals surface area contributed by atoms with Crippen LogP contribution in [-0.4, -0.2) is 32.6 Å². The minimum absolute atomic E-state index is 0.000309. The molecule has 2 aromatic carbocycles. The predicted octanol–water partition coefficient (Wildman–Crippen LogP) is 2.85. The molecule has 0 aromatic heterocycles. The number of sulfonamides is 1. The molecule has 2 aromatic rings. The first-order chi connectivity index (χ1) is 12.3. The van der Waals surface area contributed by atoms with Crippen LogP contribution in [0.5, 0.6) is 5.75 Å². The summed E-state index contributed by atoms with van der Waals surface area (Å²) < 4.78 is 33.6. The van der Waals surface area contributed by atoms with Crippen LogP contribution >= 0.6 is 15.9 Å². The van der Waals surface area contributed by atoms with E-state index < -0.39 is 16.0 Å². The van der Waals surface area contributed by atoms with Gasteiger partial charge < -0.3 is 15.6 Å². The lowest BCUT2D eigenvalue weighted by Crippen LogP contribution is -2.18. The average molecular weight is 443 g/mol. The first kappa shape index (κ1) is 20.2. The molecule has 0 bridgehead atoms. The summed E-state index contributed by atoms with van der Waals surface area (Å²) in [5.74, 6) is -1.17. The Morgan fingerprint density at radius 3 is 2.54 bits per heavy atom. The molecule has 0 fully saturated rings. The van der Waals surface area contributed by atoms with Gasteiger partial charge in [0.25, 0.3) is 10.0 Å². The molecular formula is C17H19BrN2O5S. The lowest BCUT2D eigenvalue weighted by Gasteiger charge is -2.17. The fourth-order valence-corrected chi connectivity index (χ4v) is 4.47. The maximum atomic E-state index is 12.7. The molecule has 0 saturated heterocycles. The average Bonchev–Trinajstić information content (AvgIpc) is 2.59. The van der Waals surface area contributed by atoms with Gasteiger partial charge in [0.15, 0.2) is 0 Å². The van der Waals surface area contributed by atoms with Gasteiger partial charge in [-0.1, -0.05) is 25.1 Å². The van der Waals surface area contributed by atoms with E-state index in [-0.39, 0.29) is 35.0 Å². The number of aryl methyl sites for hydroxylation is 1. The molecule has 4 N–H and O–H groups in total. The number of benzene rings is 2. The van der Waals surface area contributed by atoms with Crippen LogP contribution in [0.15, 0.2) is 45.8 Å². The number of nitrogens with two attached hydrogens (primary N) is 1. The van der Waals surface area contributed by atoms with Crippen molar-refractivity contribution in [2.45, 2.75) is 18.2 Å². The zero-order valence-electron chi connectivity index (χ0n) is 14.0. The van der Waals surface area contributed by atoms with Crippen LogP contribution in [0.4, 0.5) is 5.69 Å². The van der Waals surface area contributed by atoms with Crippen molar-refractivity contribution in [2.75, 3.05) is 17.9 Å². The number of carboxylic acid groups (broad SMARTS) is 1. The number of carboxylic acids is 1. The second kappa shape index (κ2) is 8.52. The van der Waals surface area contributed by atoms with E-state index in [9.17, 15) is 18.3 Å². The van der Waals surface area contributed by atoms with Crippen molar-refractivity contribution in [3.05, 3.63) is 52.0 Å². The molecule has 0 radical (unpaired) electrons. The third kappa shape index (κ3) is 4.35. The third-order valence-electron chi connectivity index (χ3n) is 3.57. The van der Waals surface area contributed by atoms with E-state index in [2.05, 4.69) is 20.7 Å². The quantitative estimate of drug-likeness (QED) is 0.578. The maximum Gasteiger partial charge on any atom is 0.341 e. The summed E-state index contributed by atoms with van der Waals surface area (Å²) in [4.78, 5) is 11.8. The van der Waals surface area contributed by atoms with Crippen LogP contribution in [0.1, 0.15) is 22.8 Å². The van der Waals surface area contributed by atoms with E-state index in [1.165, 1.54) is 12.1 Å². The van der Waals surface area contributed by atoms with Crippen LogP contribution in [-0.2, 0) is 16.4 Å². The fourth-order valence-electron chi connectivity index (χ4n) is 2.39. The van der Waals surface area contributed by atoms with Crippen molar-refractivity contribution in [1.82, 2.24) is 0 Å². The number of rotatable bonds is 8. The molecule has 7 nitrogen and oxygen atoms in total. The van der Waals surface area contributed by atoms with Gasteiger partial charge in [-0.3, -0.25) is 4.72 Å². The van der Waals surface area contributed by atoms with E-state index in [0.717, 1.165) is 0 Å². The Balaban J connectivity index is 2.56. The normalized spacial score (nSPS) is 11.2. The van der Waals surface area contributed by atoms with Crippen molar-refractivity contribution >= 4 is 37.6 Å². The predicted molar refractivity (Wildman–Crippen MR) is 102 cm³/mol. The van der Waals surface area contributed by atoms with Gasteiger partial charge in [-0.25, -0.2) is 13.2 Å². The Hall–Kier alpha value is -2.10. The summed E-state index contributed by atoms with van der Waals surface area (Å²) in [5.41, 5.74) is 5.78. The number of hydrogen-bond acceptors (Lipinski definition) is 5. The Morgan fingerprint density at radius 1 is 1.27 bits per heavy atom. The zero-order valence-corrected chi connectivity index (χ0v) is 16.4. The summed E-state index contributed by atoms with van der Waals surface area (Å²) in [5, 5.41) is 9.63. The van der Waals surface area contributed by atoms with Crippen molar-refractivity contribution in [2.24, 2.45) is 5.73 Å². The van der Waals surface area contributed by atoms with Crippen LogP contribution < -0.4 is 15.2 Å². The highest BCUT2D eigenvalue weighted by molar-refractivity contribution is 9.10. The smallest absolute Gasteiger partial charge is 0.341 e. The van der Waals surface area contributed by atoms with Gasteiger partial charge in [0, 0.05) is 11.0 Å². The van der Waals surface area contributed by atoms with Crippen LogP contribution in [0.2, 0.25) is 0 Å². The summed E-state index contributed by atoms with van der Waals surface area (Å²) in [6, 6.07) is 9.32. The molecule has 0 saturated carbocycles. The summed E-state index contributed by atoms with van der Waals surface area (Å²) in [6.07, 6.45) is 0.525. The Bertz CT molecular complexity index is 915. The third-order valence-corrected chi connectivity index (χ3v) is 5.95. The second-order valence-electron chi connectivity index (χ2n) is 5.31. The molecule has 0 heterocycles. The number of anilines is 1. The monoisotopic (exact) mass is 442 g/mol. The summed E-state index contributed by atoms with van der Waals surface area (Å²) in [6.45, 7) is 2.17. The first-order valence-electron chi connectivity index (χ1n) is 7.81. The molecule has 26 heavy (non-hydrogen) atoms. The van der Waals surface area contributed by atoms with Gasteiger partial charge in [0.05, 0.1) is 5.69 Å². The Morgan fingerprint density at radius 2 is 1.96 bits per heavy atom. The molecule has 0 spiro atoms. The SMILES string of the molecule is CCc1ccc(NS(=O)(=O)c2ccccc2Br)c(C(=O)O)c1OCCN. The highest BCUT2D eigenvalue weighted by Crippen LogP contribution is 2.33. The van der Waals surface area contributed by atoms with E-state index in [4.69, 9.17) is 10.5 Å². The van der Waals surface area contributed by atoms with Gasteiger partial charge in [0.2, 0.25) is 0 Å². The number of carbonyl (C=O) groups is 1. The zero-order chi connectivity index (χ0) is 19.3. The van der Waals surface area contributed by atoms with Crippen molar-refractivity contribution in [1.29, 1.82) is 0 Å². The highest BCUT2D eigenvalue weighted by atomic mass is 79.9. The highest BCUT2D eigenvalue weighted by Gasteiger charge is 2.25. The Labute approximate surface area is 160 Å². The van der Waals surface area contributed by atoms with E-state index in [1.54, 1.807) is 24.3 Å². The summed E-state index contributed by atoms with van der Waals surface area (Å²) in [7, 11) is -4.00. The standard InChI is InChI=1S/C17H19BrN2O5S/c1-2-11-7-8-13(15(17(21)22)16(11)25-10-9-19)20-26(23,24)14-6-4-3-5-12(14)18/h3-8,20H,2,9-10,19H2,1H3,(H,21,22). The largest absolute Gasteiger partial charge is 0.491 e. The minimum Gasteiger partial charge on any atom is -0.491 e. The summed E-state index contributed by atoms with van der Waals surface area (Å²) >= 11 is 3.19. The number of hydrogen-bond donors (Lipinski definition) is 3. The number of halogens is 1. The lowest BCUT2D eigenvalue weighted by atomic mass is 10.0. The van der Waals surface area contributed by atoms with Crippen LogP contribution in [0.3, 0.4) is 0 Å². The minimum atomic E-state index is -4.00. The van der Waals surface area contributed by atoms with Gasteiger partial charge in [-0.2, -0.15) is 0 Å². The molecule has 140 valence electrons. The van der Waals surface area contributed by atoms with Gasteiger partial charge >= 0.3 is 5.97 Å². The molecular weight excluding hydrogens is 424 g/mol. The van der Waals surface area contributed by atoms with E-state index in [1.807, 2.05) is 6.92 Å². The maximum absolute atomic E-state index is 12.7. The molecule has 0 unspecified atom stereocenters. The first-order valence-corrected chi connectivity index (χ1v) is 10.1. The van der Waals surface area contributed by atoms with E-state index >= 15 is 0 Å². The number of nitrogens with one attached hydrogen (secondary N) is 1. The van der Waals surface area contributed by atoms with Crippen molar-refractivity contribution < 1.29 is 23.1 Å². The number of aromatic carboxylic acids is 1. The Kier molecular flexibility index (Phi) is 6.63. The van der Waals surface area contributed by atoms with Crippen molar-refractivity contribution in [3.8, 4) is 5.75 Å². The molecule has 0 aliphatic carbocycles. The van der Waals surface area contributed by atoms with Gasteiger partial charge in [0.1, 0.15) is 22.8 Å². The molecule has 0 atom stereocenters. The van der Waals surface area contributed by atoms with Crippen molar-refractivity contribution in [3.63, 3.8) is 0 Å². The molecule has 0 aliphatic heterocycles. The van der Waals surface area contributed by atoms with E-state index in [0.29, 0.717) is 16.5 Å². The molecule has 9 heteroatoms. The fraction of sp³-hybridized carbons (Fsp3) is 0.235. The molecule has 0 amide bonds. The van der Waals surface area contributed by atoms with Crippen LogP contribution in [0.25, 0.3) is 0 Å². The van der Waals surface area contributed by atoms with Gasteiger partial charge in [-0.05, 0) is 46.1 Å². The van der Waals surface area contributed by atoms with Crippen LogP contribution in [0, 0.1) is 0 Å². The number of ether oxygens (including phenoxy) is 1. The molecule has 0 aliphatic rings.